The van der Waals surface area contributed by atoms with E-state index in [1.54, 1.807) is 0 Å². The SMILES string of the molecule is C=C(Br)CNCC(C)N1CCCC1. The number of rotatable bonds is 5. The number of hydrogen-bond acceptors (Lipinski definition) is 2. The van der Waals surface area contributed by atoms with E-state index in [-0.39, 0.29) is 0 Å². The van der Waals surface area contributed by atoms with Crippen molar-refractivity contribution >= 4 is 15.9 Å². The van der Waals surface area contributed by atoms with Crippen molar-refractivity contribution in [1.82, 2.24) is 10.2 Å². The van der Waals surface area contributed by atoms with Gasteiger partial charge in [-0.2, -0.15) is 0 Å². The van der Waals surface area contributed by atoms with Gasteiger partial charge in [0.25, 0.3) is 0 Å². The molecule has 2 nitrogen and oxygen atoms in total. The second-order valence-electron chi connectivity index (χ2n) is 3.74. The lowest BCUT2D eigenvalue weighted by molar-refractivity contribution is 0.254. The Morgan fingerprint density at radius 2 is 2.15 bits per heavy atom. The van der Waals surface area contributed by atoms with Gasteiger partial charge in [-0.05, 0) is 32.9 Å². The first-order chi connectivity index (χ1) is 6.20. The molecule has 0 aromatic heterocycles. The molecular formula is C10H19BrN2. The van der Waals surface area contributed by atoms with Crippen LogP contribution in [0, 0.1) is 0 Å². The van der Waals surface area contributed by atoms with Crippen molar-refractivity contribution in [3.63, 3.8) is 0 Å². The average Bonchev–Trinajstić information content (AvgIpc) is 2.55. The summed E-state index contributed by atoms with van der Waals surface area (Å²) in [6.07, 6.45) is 2.74. The number of nitrogens with zero attached hydrogens (tertiary/aromatic N) is 1. The monoisotopic (exact) mass is 246 g/mol. The molecule has 0 aromatic carbocycles. The molecule has 1 N–H and O–H groups in total. The average molecular weight is 247 g/mol. The van der Waals surface area contributed by atoms with E-state index in [2.05, 4.69) is 39.6 Å². The zero-order valence-corrected chi connectivity index (χ0v) is 9.94. The summed E-state index contributed by atoms with van der Waals surface area (Å²) >= 11 is 3.34. The van der Waals surface area contributed by atoms with E-state index in [1.165, 1.54) is 25.9 Å². The zero-order chi connectivity index (χ0) is 9.68. The van der Waals surface area contributed by atoms with Crippen molar-refractivity contribution in [1.29, 1.82) is 0 Å². The minimum Gasteiger partial charge on any atom is -0.311 e. The van der Waals surface area contributed by atoms with Crippen LogP contribution >= 0.6 is 15.9 Å². The van der Waals surface area contributed by atoms with Crippen LogP contribution in [0.2, 0.25) is 0 Å². The number of halogens is 1. The lowest BCUT2D eigenvalue weighted by Crippen LogP contribution is -2.38. The summed E-state index contributed by atoms with van der Waals surface area (Å²) in [7, 11) is 0. The fourth-order valence-electron chi connectivity index (χ4n) is 1.73. The highest BCUT2D eigenvalue weighted by Gasteiger charge is 2.16. The van der Waals surface area contributed by atoms with E-state index in [0.717, 1.165) is 17.6 Å². The van der Waals surface area contributed by atoms with Crippen LogP contribution in [0.15, 0.2) is 11.1 Å². The highest BCUT2D eigenvalue weighted by Crippen LogP contribution is 2.10. The van der Waals surface area contributed by atoms with Crippen molar-refractivity contribution in [2.24, 2.45) is 0 Å². The third-order valence-corrected chi connectivity index (χ3v) is 2.80. The number of likely N-dealkylation sites (tertiary alicyclic amines) is 1. The molecule has 0 bridgehead atoms. The van der Waals surface area contributed by atoms with Gasteiger partial charge in [0.1, 0.15) is 0 Å². The largest absolute Gasteiger partial charge is 0.311 e. The van der Waals surface area contributed by atoms with Crippen molar-refractivity contribution in [3.05, 3.63) is 11.1 Å². The van der Waals surface area contributed by atoms with Crippen LogP contribution in [-0.2, 0) is 0 Å². The molecule has 1 atom stereocenters. The van der Waals surface area contributed by atoms with Gasteiger partial charge < -0.3 is 5.32 Å². The zero-order valence-electron chi connectivity index (χ0n) is 8.35. The minimum atomic E-state index is 0.661. The van der Waals surface area contributed by atoms with Crippen molar-refractivity contribution in [2.45, 2.75) is 25.8 Å². The fourth-order valence-corrected chi connectivity index (χ4v) is 1.93. The molecule has 0 radical (unpaired) electrons. The second-order valence-corrected chi connectivity index (χ2v) is 4.86. The molecule has 13 heavy (non-hydrogen) atoms. The maximum absolute atomic E-state index is 3.79. The van der Waals surface area contributed by atoms with Gasteiger partial charge in [-0.15, -0.1) is 0 Å². The quantitative estimate of drug-likeness (QED) is 0.799. The molecule has 0 spiro atoms. The summed E-state index contributed by atoms with van der Waals surface area (Å²) in [5.74, 6) is 0. The Hall–Kier alpha value is 0.140. The van der Waals surface area contributed by atoms with Crippen molar-refractivity contribution < 1.29 is 0 Å². The minimum absolute atomic E-state index is 0.661. The first-order valence-electron chi connectivity index (χ1n) is 4.98. The van der Waals surface area contributed by atoms with Gasteiger partial charge in [-0.1, -0.05) is 22.5 Å². The summed E-state index contributed by atoms with van der Waals surface area (Å²) in [6, 6.07) is 0.661. The molecule has 1 fully saturated rings. The van der Waals surface area contributed by atoms with Crippen LogP contribution in [0.4, 0.5) is 0 Å². The maximum atomic E-state index is 3.79. The summed E-state index contributed by atoms with van der Waals surface area (Å²) in [6.45, 7) is 10.6. The van der Waals surface area contributed by atoms with Gasteiger partial charge in [0.05, 0.1) is 0 Å². The van der Waals surface area contributed by atoms with E-state index >= 15 is 0 Å². The molecule has 1 heterocycles. The molecule has 1 aliphatic rings. The van der Waals surface area contributed by atoms with Crippen LogP contribution in [0.5, 0.6) is 0 Å². The topological polar surface area (TPSA) is 15.3 Å². The first-order valence-corrected chi connectivity index (χ1v) is 5.77. The molecule has 0 aliphatic carbocycles. The van der Waals surface area contributed by atoms with Crippen LogP contribution in [0.1, 0.15) is 19.8 Å². The van der Waals surface area contributed by atoms with Gasteiger partial charge in [-0.25, -0.2) is 0 Å². The lowest BCUT2D eigenvalue weighted by Gasteiger charge is -2.23. The fraction of sp³-hybridized carbons (Fsp3) is 0.800. The Kier molecular flexibility index (Phi) is 4.99. The molecule has 76 valence electrons. The van der Waals surface area contributed by atoms with E-state index in [9.17, 15) is 0 Å². The van der Waals surface area contributed by atoms with Gasteiger partial charge >= 0.3 is 0 Å². The predicted molar refractivity (Wildman–Crippen MR) is 61.2 cm³/mol. The Morgan fingerprint density at radius 1 is 1.54 bits per heavy atom. The first kappa shape index (κ1) is 11.2. The van der Waals surface area contributed by atoms with Crippen LogP contribution in [0.3, 0.4) is 0 Å². The molecule has 1 aliphatic heterocycles. The van der Waals surface area contributed by atoms with Crippen LogP contribution in [0.25, 0.3) is 0 Å². The Bertz CT molecular complexity index is 164. The standard InChI is InChI=1S/C10H19BrN2/c1-9(11)7-12-8-10(2)13-5-3-4-6-13/h10,12H,1,3-8H2,2H3. The van der Waals surface area contributed by atoms with Gasteiger partial charge in [0.15, 0.2) is 0 Å². The molecule has 1 rings (SSSR count). The summed E-state index contributed by atoms with van der Waals surface area (Å²) < 4.78 is 1.03. The van der Waals surface area contributed by atoms with E-state index in [4.69, 9.17) is 0 Å². The summed E-state index contributed by atoms with van der Waals surface area (Å²) in [5, 5.41) is 3.37. The lowest BCUT2D eigenvalue weighted by atomic mass is 10.3. The van der Waals surface area contributed by atoms with Gasteiger partial charge in [0, 0.05) is 23.6 Å². The third-order valence-electron chi connectivity index (χ3n) is 2.52. The van der Waals surface area contributed by atoms with Crippen molar-refractivity contribution in [3.8, 4) is 0 Å². The Labute approximate surface area is 89.5 Å². The Morgan fingerprint density at radius 3 is 2.69 bits per heavy atom. The van der Waals surface area contributed by atoms with E-state index in [0.29, 0.717) is 6.04 Å². The molecule has 0 amide bonds. The smallest absolute Gasteiger partial charge is 0.0266 e. The molecule has 0 aromatic rings. The number of nitrogens with one attached hydrogen (secondary N) is 1. The number of hydrogen-bond donors (Lipinski definition) is 1. The normalized spacial score (nSPS) is 20.5. The predicted octanol–water partition coefficient (Wildman–Crippen LogP) is 1.97. The molecule has 3 heteroatoms. The molecule has 1 saturated heterocycles. The molecule has 1 unspecified atom stereocenters. The van der Waals surface area contributed by atoms with Crippen LogP contribution < -0.4 is 5.32 Å². The van der Waals surface area contributed by atoms with Gasteiger partial charge in [-0.3, -0.25) is 4.90 Å². The van der Waals surface area contributed by atoms with Crippen molar-refractivity contribution in [2.75, 3.05) is 26.2 Å². The molecular weight excluding hydrogens is 228 g/mol. The van der Waals surface area contributed by atoms with E-state index < -0.39 is 0 Å². The highest BCUT2D eigenvalue weighted by atomic mass is 79.9. The van der Waals surface area contributed by atoms with E-state index in [1.807, 2.05) is 0 Å². The summed E-state index contributed by atoms with van der Waals surface area (Å²) in [5.41, 5.74) is 0. The Balaban J connectivity index is 2.09. The van der Waals surface area contributed by atoms with Crippen LogP contribution in [-0.4, -0.2) is 37.1 Å². The second kappa shape index (κ2) is 5.78. The highest BCUT2D eigenvalue weighted by molar-refractivity contribution is 9.11. The maximum Gasteiger partial charge on any atom is 0.0266 e. The summed E-state index contributed by atoms with van der Waals surface area (Å²) in [4.78, 5) is 2.55. The third kappa shape index (κ3) is 4.25. The van der Waals surface area contributed by atoms with Gasteiger partial charge in [0.2, 0.25) is 0 Å². The molecule has 0 saturated carbocycles.